The van der Waals surface area contributed by atoms with Crippen LogP contribution in [0.25, 0.3) is 0 Å². The van der Waals surface area contributed by atoms with E-state index in [2.05, 4.69) is 0 Å². The minimum atomic E-state index is -1.53. The molecule has 1 fully saturated rings. The van der Waals surface area contributed by atoms with E-state index in [1.807, 2.05) is 13.8 Å². The Hall–Kier alpha value is -1.16. The molecule has 132 valence electrons. The molecule has 0 aromatic heterocycles. The lowest BCUT2D eigenvalue weighted by Crippen LogP contribution is -2.64. The van der Waals surface area contributed by atoms with Crippen molar-refractivity contribution in [2.75, 3.05) is 13.1 Å². The van der Waals surface area contributed by atoms with Crippen LogP contribution in [0.4, 0.5) is 0 Å². The highest BCUT2D eigenvalue weighted by Gasteiger charge is 2.44. The fraction of sp³-hybridized carbons (Fsp3) is 0.857. The molecule has 1 aliphatic rings. The van der Waals surface area contributed by atoms with Crippen LogP contribution >= 0.6 is 0 Å². The van der Waals surface area contributed by atoms with Gasteiger partial charge in [0.1, 0.15) is 5.54 Å². The van der Waals surface area contributed by atoms with Gasteiger partial charge in [-0.2, -0.15) is 0 Å². The zero-order valence-electron chi connectivity index (χ0n) is 13.8. The third-order valence-corrected chi connectivity index (χ3v) is 4.22. The van der Waals surface area contributed by atoms with E-state index in [-0.39, 0.29) is 37.0 Å². The summed E-state index contributed by atoms with van der Waals surface area (Å²) >= 11 is 0. The van der Waals surface area contributed by atoms with E-state index in [4.69, 9.17) is 21.5 Å². The van der Waals surface area contributed by atoms with Crippen molar-refractivity contribution < 1.29 is 24.7 Å². The Labute approximate surface area is 137 Å². The molecular formula is C14H28BN3O5. The number of carbonyl (C=O) groups is 2. The molecule has 1 amide bonds. The molecule has 1 rings (SSSR count). The largest absolute Gasteiger partial charge is 0.480 e. The molecule has 0 spiro atoms. The number of carboxylic acid groups (broad SMARTS) is 1. The molecule has 9 heteroatoms. The first-order valence-corrected chi connectivity index (χ1v) is 7.98. The Morgan fingerprint density at radius 3 is 2.48 bits per heavy atom. The van der Waals surface area contributed by atoms with E-state index in [0.717, 1.165) is 0 Å². The molecule has 23 heavy (non-hydrogen) atoms. The SMILES string of the molecule is CC(C)CC(N)C(=O)N1C[C@@H](CCB(O)O)C[C@](N)(C(=O)O)C1. The summed E-state index contributed by atoms with van der Waals surface area (Å²) in [6, 6.07) is -0.685. The van der Waals surface area contributed by atoms with Crippen LogP contribution in [0.3, 0.4) is 0 Å². The van der Waals surface area contributed by atoms with Crippen LogP contribution in [-0.2, 0) is 9.59 Å². The average Bonchev–Trinajstić information content (AvgIpc) is 2.42. The standard InChI is InChI=1S/C14H28BN3O5/c1-9(2)5-11(16)12(19)18-7-10(3-4-15(22)23)6-14(17,8-18)13(20)21/h9-11,22-23H,3-8,16-17H2,1-2H3,(H,20,21)/t10-,11?,14+/m0/s1. The molecule has 0 saturated carbocycles. The average molecular weight is 329 g/mol. The summed E-state index contributed by atoms with van der Waals surface area (Å²) in [6.45, 7) is 4.17. The fourth-order valence-electron chi connectivity index (χ4n) is 3.11. The molecule has 0 aromatic carbocycles. The number of nitrogens with zero attached hydrogens (tertiary/aromatic N) is 1. The maximum absolute atomic E-state index is 12.5. The van der Waals surface area contributed by atoms with Gasteiger partial charge >= 0.3 is 13.1 Å². The van der Waals surface area contributed by atoms with Crippen molar-refractivity contribution in [2.24, 2.45) is 23.3 Å². The third kappa shape index (κ3) is 5.76. The first kappa shape index (κ1) is 19.9. The second-order valence-electron chi connectivity index (χ2n) is 7.04. The van der Waals surface area contributed by atoms with Crippen molar-refractivity contribution >= 4 is 19.0 Å². The van der Waals surface area contributed by atoms with Crippen LogP contribution < -0.4 is 11.5 Å². The number of carbonyl (C=O) groups excluding carboxylic acids is 1. The molecule has 1 unspecified atom stereocenters. The van der Waals surface area contributed by atoms with Crippen molar-refractivity contribution in [3.05, 3.63) is 0 Å². The van der Waals surface area contributed by atoms with Crippen LogP contribution in [0.15, 0.2) is 0 Å². The highest BCUT2D eigenvalue weighted by molar-refractivity contribution is 6.40. The lowest BCUT2D eigenvalue weighted by atomic mass is 9.75. The first-order chi connectivity index (χ1) is 10.5. The summed E-state index contributed by atoms with van der Waals surface area (Å²) in [4.78, 5) is 25.4. The molecule has 0 radical (unpaired) electrons. The summed E-state index contributed by atoms with van der Waals surface area (Å²) in [7, 11) is -1.46. The smallest absolute Gasteiger partial charge is 0.451 e. The number of piperidine rings is 1. The van der Waals surface area contributed by atoms with Crippen molar-refractivity contribution in [3.8, 4) is 0 Å². The van der Waals surface area contributed by atoms with E-state index in [9.17, 15) is 14.7 Å². The minimum Gasteiger partial charge on any atom is -0.480 e. The van der Waals surface area contributed by atoms with Gasteiger partial charge in [0.2, 0.25) is 5.91 Å². The lowest BCUT2D eigenvalue weighted by Gasteiger charge is -2.42. The van der Waals surface area contributed by atoms with Crippen LogP contribution in [0, 0.1) is 11.8 Å². The zero-order chi connectivity index (χ0) is 17.8. The van der Waals surface area contributed by atoms with Crippen molar-refractivity contribution in [1.29, 1.82) is 0 Å². The summed E-state index contributed by atoms with van der Waals surface area (Å²) in [5.74, 6) is -1.42. The second kappa shape index (κ2) is 8.10. The van der Waals surface area contributed by atoms with Crippen LogP contribution in [0.1, 0.15) is 33.1 Å². The highest BCUT2D eigenvalue weighted by atomic mass is 16.4. The van der Waals surface area contributed by atoms with Gasteiger partial charge in [-0.25, -0.2) is 0 Å². The molecule has 3 atom stereocenters. The number of carboxylic acids is 1. The Bertz CT molecular complexity index is 435. The number of nitrogens with two attached hydrogens (primary N) is 2. The molecule has 1 saturated heterocycles. The van der Waals surface area contributed by atoms with Crippen LogP contribution in [0.5, 0.6) is 0 Å². The summed E-state index contributed by atoms with van der Waals surface area (Å²) in [6.07, 6.45) is 1.20. The number of hydrogen-bond donors (Lipinski definition) is 5. The summed E-state index contributed by atoms with van der Waals surface area (Å²) in [5, 5.41) is 27.4. The maximum Gasteiger partial charge on any atom is 0.451 e. The van der Waals surface area contributed by atoms with Gasteiger partial charge in [-0.05, 0) is 31.0 Å². The minimum absolute atomic E-state index is 0.0782. The van der Waals surface area contributed by atoms with Crippen molar-refractivity contribution in [3.63, 3.8) is 0 Å². The van der Waals surface area contributed by atoms with Gasteiger partial charge in [-0.15, -0.1) is 0 Å². The van der Waals surface area contributed by atoms with Crippen molar-refractivity contribution in [2.45, 2.75) is 51.0 Å². The van der Waals surface area contributed by atoms with E-state index >= 15 is 0 Å². The van der Waals surface area contributed by atoms with Crippen LogP contribution in [0.2, 0.25) is 6.32 Å². The third-order valence-electron chi connectivity index (χ3n) is 4.22. The number of amides is 1. The number of likely N-dealkylation sites (tertiary alicyclic amines) is 1. The number of rotatable bonds is 7. The van der Waals surface area contributed by atoms with Gasteiger partial charge in [0.05, 0.1) is 6.04 Å². The molecule has 0 aromatic rings. The molecular weight excluding hydrogens is 301 g/mol. The second-order valence-corrected chi connectivity index (χ2v) is 7.04. The molecule has 1 aliphatic heterocycles. The maximum atomic E-state index is 12.5. The van der Waals surface area contributed by atoms with Gasteiger partial charge < -0.3 is 31.5 Å². The van der Waals surface area contributed by atoms with E-state index < -0.39 is 24.7 Å². The predicted octanol–water partition coefficient (Wildman–Crippen LogP) is -1.15. The number of hydrogen-bond acceptors (Lipinski definition) is 6. The first-order valence-electron chi connectivity index (χ1n) is 7.98. The van der Waals surface area contributed by atoms with Gasteiger partial charge in [-0.3, -0.25) is 9.59 Å². The van der Waals surface area contributed by atoms with Gasteiger partial charge in [0.15, 0.2) is 0 Å². The summed E-state index contributed by atoms with van der Waals surface area (Å²) < 4.78 is 0. The monoisotopic (exact) mass is 329 g/mol. The van der Waals surface area contributed by atoms with E-state index in [0.29, 0.717) is 19.4 Å². The number of aliphatic carboxylic acids is 1. The van der Waals surface area contributed by atoms with Crippen molar-refractivity contribution in [1.82, 2.24) is 4.90 Å². The highest BCUT2D eigenvalue weighted by Crippen LogP contribution is 2.28. The zero-order valence-corrected chi connectivity index (χ0v) is 13.8. The molecule has 1 heterocycles. The fourth-order valence-corrected chi connectivity index (χ4v) is 3.11. The Balaban J connectivity index is 2.84. The normalized spacial score (nSPS) is 26.2. The van der Waals surface area contributed by atoms with E-state index in [1.54, 1.807) is 0 Å². The topological polar surface area (TPSA) is 150 Å². The Morgan fingerprint density at radius 2 is 2.00 bits per heavy atom. The van der Waals surface area contributed by atoms with E-state index in [1.165, 1.54) is 4.90 Å². The molecule has 0 aliphatic carbocycles. The molecule has 0 bridgehead atoms. The Morgan fingerprint density at radius 1 is 1.39 bits per heavy atom. The van der Waals surface area contributed by atoms with Crippen LogP contribution in [-0.4, -0.2) is 63.7 Å². The van der Waals surface area contributed by atoms with Gasteiger partial charge in [0, 0.05) is 13.1 Å². The Kier molecular flexibility index (Phi) is 7.00. The van der Waals surface area contributed by atoms with Gasteiger partial charge in [-0.1, -0.05) is 20.3 Å². The van der Waals surface area contributed by atoms with Gasteiger partial charge in [0.25, 0.3) is 0 Å². The summed E-state index contributed by atoms with van der Waals surface area (Å²) in [5.41, 5.74) is 10.4. The molecule has 8 nitrogen and oxygen atoms in total. The quantitative estimate of drug-likeness (QED) is 0.370. The molecule has 7 N–H and O–H groups in total. The predicted molar refractivity (Wildman–Crippen MR) is 86.3 cm³/mol. The lowest BCUT2D eigenvalue weighted by molar-refractivity contribution is -0.149.